The number of benzene rings is 2. The first-order chi connectivity index (χ1) is 14.4. The van der Waals surface area contributed by atoms with Crippen LogP contribution in [0.15, 0.2) is 48.5 Å². The largest absolute Gasteiger partial charge is 0.325 e. The Bertz CT molecular complexity index is 1040. The summed E-state index contributed by atoms with van der Waals surface area (Å²) in [5.41, 5.74) is 1.81. The van der Waals surface area contributed by atoms with Crippen molar-refractivity contribution in [1.82, 2.24) is 4.98 Å². The van der Waals surface area contributed by atoms with E-state index in [1.54, 1.807) is 18.2 Å². The molecule has 3 rings (SSSR count). The summed E-state index contributed by atoms with van der Waals surface area (Å²) in [7, 11) is 0. The van der Waals surface area contributed by atoms with Crippen molar-refractivity contribution in [2.45, 2.75) is 13.3 Å². The third-order valence-electron chi connectivity index (χ3n) is 4.04. The number of hydrogen-bond acceptors (Lipinski definition) is 5. The van der Waals surface area contributed by atoms with E-state index in [9.17, 15) is 18.4 Å². The van der Waals surface area contributed by atoms with Gasteiger partial charge < -0.3 is 10.6 Å². The average molecular weight is 448 g/mol. The Morgan fingerprint density at radius 1 is 1.00 bits per heavy atom. The topological polar surface area (TPSA) is 71.1 Å². The third-order valence-corrected chi connectivity index (χ3v) is 6.05. The zero-order valence-corrected chi connectivity index (χ0v) is 17.7. The number of nitrogens with one attached hydrogen (secondary N) is 2. The maximum absolute atomic E-state index is 13.8. The van der Waals surface area contributed by atoms with Crippen LogP contribution in [0.25, 0.3) is 0 Å². The fourth-order valence-corrected chi connectivity index (χ4v) is 4.20. The summed E-state index contributed by atoms with van der Waals surface area (Å²) in [6.07, 6.45) is 0.407. The molecule has 0 spiro atoms. The summed E-state index contributed by atoms with van der Waals surface area (Å²) < 4.78 is 26.7. The molecular formula is C21H19F2N3O2S2. The van der Waals surface area contributed by atoms with Crippen LogP contribution in [0.5, 0.6) is 0 Å². The van der Waals surface area contributed by atoms with E-state index in [-0.39, 0.29) is 35.0 Å². The fourth-order valence-electron chi connectivity index (χ4n) is 2.58. The van der Waals surface area contributed by atoms with E-state index in [1.807, 2.05) is 6.92 Å². The van der Waals surface area contributed by atoms with E-state index in [1.165, 1.54) is 41.7 Å². The van der Waals surface area contributed by atoms with E-state index in [4.69, 9.17) is 0 Å². The number of carbonyl (C=O) groups excluding carboxylic acids is 2. The van der Waals surface area contributed by atoms with Gasteiger partial charge in [-0.2, -0.15) is 0 Å². The van der Waals surface area contributed by atoms with Gasteiger partial charge in [-0.3, -0.25) is 9.59 Å². The second-order valence-corrected chi connectivity index (χ2v) is 8.46. The minimum absolute atomic E-state index is 0.0815. The predicted octanol–water partition coefficient (Wildman–Crippen LogP) is 4.63. The number of rotatable bonds is 8. The molecule has 30 heavy (non-hydrogen) atoms. The Labute approximate surface area is 180 Å². The molecular weight excluding hydrogens is 428 g/mol. The fraction of sp³-hybridized carbons (Fsp3) is 0.190. The Morgan fingerprint density at radius 3 is 2.37 bits per heavy atom. The van der Waals surface area contributed by atoms with Crippen molar-refractivity contribution in [3.8, 4) is 0 Å². The van der Waals surface area contributed by atoms with Crippen LogP contribution in [0.2, 0.25) is 0 Å². The lowest BCUT2D eigenvalue weighted by Crippen LogP contribution is -2.18. The average Bonchev–Trinajstić information content (AvgIpc) is 3.04. The smallest absolute Gasteiger partial charge is 0.236 e. The van der Waals surface area contributed by atoms with Crippen LogP contribution in [0.1, 0.15) is 16.1 Å². The summed E-state index contributed by atoms with van der Waals surface area (Å²) in [5, 5.41) is 5.79. The molecule has 2 amide bonds. The lowest BCUT2D eigenvalue weighted by Gasteiger charge is -2.05. The van der Waals surface area contributed by atoms with Crippen molar-refractivity contribution >= 4 is 45.7 Å². The Morgan fingerprint density at radius 2 is 1.67 bits per heavy atom. The molecule has 9 heteroatoms. The van der Waals surface area contributed by atoms with Crippen molar-refractivity contribution in [1.29, 1.82) is 0 Å². The lowest BCUT2D eigenvalue weighted by atomic mass is 10.1. The molecule has 1 aromatic heterocycles. The SMILES string of the molecule is Cc1nc(NC(=O)CSCC(=O)Nc2ccc(F)cc2)sc1Cc1ccccc1F. The van der Waals surface area contributed by atoms with Crippen molar-refractivity contribution in [2.24, 2.45) is 0 Å². The second kappa shape index (κ2) is 10.3. The molecule has 3 aromatic rings. The van der Waals surface area contributed by atoms with E-state index in [0.717, 1.165) is 22.3 Å². The van der Waals surface area contributed by atoms with E-state index in [2.05, 4.69) is 15.6 Å². The molecule has 2 aromatic carbocycles. The van der Waals surface area contributed by atoms with E-state index < -0.39 is 0 Å². The normalized spacial score (nSPS) is 10.6. The lowest BCUT2D eigenvalue weighted by molar-refractivity contribution is -0.114. The van der Waals surface area contributed by atoms with Gasteiger partial charge in [0, 0.05) is 17.0 Å². The molecule has 0 saturated carbocycles. The number of nitrogens with zero attached hydrogens (tertiary/aromatic N) is 1. The summed E-state index contributed by atoms with van der Waals surface area (Å²) in [6, 6.07) is 12.0. The van der Waals surface area contributed by atoms with Crippen LogP contribution in [0, 0.1) is 18.6 Å². The first-order valence-corrected chi connectivity index (χ1v) is 11.0. The van der Waals surface area contributed by atoms with Crippen LogP contribution in [0.3, 0.4) is 0 Å². The number of halogens is 2. The maximum atomic E-state index is 13.8. The highest BCUT2D eigenvalue weighted by Gasteiger charge is 2.13. The van der Waals surface area contributed by atoms with Gasteiger partial charge in [0.1, 0.15) is 11.6 Å². The molecule has 0 aliphatic rings. The van der Waals surface area contributed by atoms with Crippen molar-refractivity contribution in [3.63, 3.8) is 0 Å². The molecule has 156 valence electrons. The van der Waals surface area contributed by atoms with Gasteiger partial charge in [0.25, 0.3) is 0 Å². The van der Waals surface area contributed by atoms with Gasteiger partial charge in [-0.15, -0.1) is 23.1 Å². The third kappa shape index (κ3) is 6.36. The van der Waals surface area contributed by atoms with E-state index in [0.29, 0.717) is 22.8 Å². The highest BCUT2D eigenvalue weighted by Crippen LogP contribution is 2.26. The molecule has 0 atom stereocenters. The summed E-state index contributed by atoms with van der Waals surface area (Å²) >= 11 is 2.46. The first kappa shape index (κ1) is 21.9. The number of carbonyl (C=O) groups is 2. The number of thiazole rings is 1. The monoisotopic (exact) mass is 447 g/mol. The van der Waals surface area contributed by atoms with Gasteiger partial charge in [0.2, 0.25) is 11.8 Å². The predicted molar refractivity (Wildman–Crippen MR) is 117 cm³/mol. The van der Waals surface area contributed by atoms with Crippen LogP contribution < -0.4 is 10.6 Å². The molecule has 0 aliphatic heterocycles. The summed E-state index contributed by atoms with van der Waals surface area (Å²) in [5.74, 6) is -1.05. The number of thioether (sulfide) groups is 1. The van der Waals surface area contributed by atoms with Gasteiger partial charge in [-0.1, -0.05) is 18.2 Å². The zero-order chi connectivity index (χ0) is 21.5. The summed E-state index contributed by atoms with van der Waals surface area (Å²) in [6.45, 7) is 1.82. The molecule has 0 saturated heterocycles. The van der Waals surface area contributed by atoms with Crippen molar-refractivity contribution in [2.75, 3.05) is 22.1 Å². The van der Waals surface area contributed by atoms with Crippen LogP contribution in [0.4, 0.5) is 19.6 Å². The highest BCUT2D eigenvalue weighted by molar-refractivity contribution is 8.00. The standard InChI is InChI=1S/C21H19F2N3O2S2/c1-13-18(10-14-4-2-3-5-17(14)23)30-21(24-13)26-20(28)12-29-11-19(27)25-16-8-6-15(22)7-9-16/h2-9H,10-12H2,1H3,(H,25,27)(H,24,26,28). The first-order valence-electron chi connectivity index (χ1n) is 9.03. The van der Waals surface area contributed by atoms with Gasteiger partial charge in [-0.25, -0.2) is 13.8 Å². The molecule has 5 nitrogen and oxygen atoms in total. The zero-order valence-electron chi connectivity index (χ0n) is 16.1. The van der Waals surface area contributed by atoms with Gasteiger partial charge >= 0.3 is 0 Å². The summed E-state index contributed by atoms with van der Waals surface area (Å²) in [4.78, 5) is 29.2. The quantitative estimate of drug-likeness (QED) is 0.528. The van der Waals surface area contributed by atoms with Gasteiger partial charge in [0.05, 0.1) is 17.2 Å². The number of aromatic nitrogens is 1. The maximum Gasteiger partial charge on any atom is 0.236 e. The van der Waals surface area contributed by atoms with Gasteiger partial charge in [-0.05, 0) is 42.8 Å². The number of amides is 2. The number of aryl methyl sites for hydroxylation is 1. The molecule has 1 heterocycles. The van der Waals surface area contributed by atoms with Gasteiger partial charge in [0.15, 0.2) is 5.13 Å². The Kier molecular flexibility index (Phi) is 7.53. The number of hydrogen-bond donors (Lipinski definition) is 2. The molecule has 2 N–H and O–H groups in total. The van der Waals surface area contributed by atoms with Crippen LogP contribution in [-0.4, -0.2) is 28.3 Å². The molecule has 0 aliphatic carbocycles. The van der Waals surface area contributed by atoms with Crippen molar-refractivity contribution in [3.05, 3.63) is 76.3 Å². The van der Waals surface area contributed by atoms with E-state index >= 15 is 0 Å². The van der Waals surface area contributed by atoms with Crippen molar-refractivity contribution < 1.29 is 18.4 Å². The highest BCUT2D eigenvalue weighted by atomic mass is 32.2. The van der Waals surface area contributed by atoms with Crippen LogP contribution in [-0.2, 0) is 16.0 Å². The minimum Gasteiger partial charge on any atom is -0.325 e. The molecule has 0 bridgehead atoms. The molecule has 0 radical (unpaired) electrons. The number of anilines is 2. The molecule has 0 fully saturated rings. The Hall–Kier alpha value is -2.78. The Balaban J connectivity index is 1.45. The minimum atomic E-state index is -0.381. The van der Waals surface area contributed by atoms with Crippen LogP contribution >= 0.6 is 23.1 Å². The molecule has 0 unspecified atom stereocenters. The second-order valence-electron chi connectivity index (χ2n) is 6.39.